The zero-order chi connectivity index (χ0) is 18.5. The van der Waals surface area contributed by atoms with Gasteiger partial charge in [-0.05, 0) is 17.0 Å². The lowest BCUT2D eigenvalue weighted by molar-refractivity contribution is -0.142. The Morgan fingerprint density at radius 3 is 2.37 bits per heavy atom. The van der Waals surface area contributed by atoms with Crippen molar-refractivity contribution in [1.82, 2.24) is 14.7 Å². The van der Waals surface area contributed by atoms with Gasteiger partial charge in [-0.25, -0.2) is 0 Å². The van der Waals surface area contributed by atoms with Crippen LogP contribution in [0.2, 0.25) is 0 Å². The van der Waals surface area contributed by atoms with Gasteiger partial charge in [0.05, 0.1) is 13.2 Å². The minimum Gasteiger partial charge on any atom is -0.378 e. The van der Waals surface area contributed by atoms with Gasteiger partial charge in [-0.2, -0.15) is 0 Å². The molecule has 3 heterocycles. The molecule has 0 N–H and O–H groups in total. The summed E-state index contributed by atoms with van der Waals surface area (Å²) in [5, 5.41) is 2.14. The van der Waals surface area contributed by atoms with Crippen molar-refractivity contribution in [3.8, 4) is 0 Å². The van der Waals surface area contributed by atoms with Crippen LogP contribution in [-0.4, -0.2) is 73.1 Å². The first-order valence-corrected chi connectivity index (χ1v) is 10.6. The van der Waals surface area contributed by atoms with Crippen molar-refractivity contribution in [2.45, 2.75) is 12.6 Å². The standard InChI is InChI=1S/C21H27N3O2S/c25-21(24-12-14-26-15-13-24)20(18-5-2-1-3-6-18)23-10-8-22(9-11-23)17-19-7-4-16-27-19/h1-7,16,20H,8-15,17H2/t20-/m0/s1. The van der Waals surface area contributed by atoms with Gasteiger partial charge in [0.15, 0.2) is 0 Å². The van der Waals surface area contributed by atoms with Crippen LogP contribution in [0, 0.1) is 0 Å². The number of carbonyl (C=O) groups excluding carboxylic acids is 1. The number of amides is 1. The second-order valence-corrected chi connectivity index (χ2v) is 8.17. The number of rotatable bonds is 5. The fraction of sp³-hybridized carbons (Fsp3) is 0.476. The molecule has 1 aromatic carbocycles. The number of ether oxygens (including phenoxy) is 1. The van der Waals surface area contributed by atoms with E-state index in [-0.39, 0.29) is 11.9 Å². The monoisotopic (exact) mass is 385 g/mol. The lowest BCUT2D eigenvalue weighted by Gasteiger charge is -2.41. The highest BCUT2D eigenvalue weighted by molar-refractivity contribution is 7.09. The Morgan fingerprint density at radius 1 is 0.963 bits per heavy atom. The van der Waals surface area contributed by atoms with Crippen LogP contribution in [0.15, 0.2) is 47.8 Å². The molecule has 1 aromatic heterocycles. The van der Waals surface area contributed by atoms with E-state index in [0.717, 1.165) is 38.3 Å². The maximum atomic E-state index is 13.4. The summed E-state index contributed by atoms with van der Waals surface area (Å²) >= 11 is 1.82. The summed E-state index contributed by atoms with van der Waals surface area (Å²) in [5.74, 6) is 0.219. The molecule has 0 unspecified atom stereocenters. The van der Waals surface area contributed by atoms with Crippen LogP contribution < -0.4 is 0 Å². The quantitative estimate of drug-likeness (QED) is 0.792. The van der Waals surface area contributed by atoms with Crippen molar-refractivity contribution in [1.29, 1.82) is 0 Å². The van der Waals surface area contributed by atoms with Crippen molar-refractivity contribution in [2.75, 3.05) is 52.5 Å². The number of benzene rings is 1. The summed E-state index contributed by atoms with van der Waals surface area (Å²) in [7, 11) is 0. The van der Waals surface area contributed by atoms with E-state index >= 15 is 0 Å². The van der Waals surface area contributed by atoms with E-state index in [4.69, 9.17) is 4.74 Å². The fourth-order valence-corrected chi connectivity index (χ4v) is 4.65. The van der Waals surface area contributed by atoms with E-state index in [1.807, 2.05) is 34.4 Å². The molecule has 0 radical (unpaired) electrons. The molecule has 0 spiro atoms. The summed E-state index contributed by atoms with van der Waals surface area (Å²) in [6.45, 7) is 7.51. The number of hydrogen-bond donors (Lipinski definition) is 0. The molecule has 4 rings (SSSR count). The largest absolute Gasteiger partial charge is 0.378 e. The molecular formula is C21H27N3O2S. The van der Waals surface area contributed by atoms with Gasteiger partial charge >= 0.3 is 0 Å². The van der Waals surface area contributed by atoms with Crippen LogP contribution in [-0.2, 0) is 16.1 Å². The molecule has 1 amide bonds. The highest BCUT2D eigenvalue weighted by Gasteiger charge is 2.33. The Labute approximate surface area is 165 Å². The normalized spacial score (nSPS) is 20.5. The SMILES string of the molecule is O=C([C@H](c1ccccc1)N1CCN(Cc2cccs2)CC1)N1CCOCC1. The molecular weight excluding hydrogens is 358 g/mol. The zero-order valence-electron chi connectivity index (χ0n) is 15.6. The summed E-state index contributed by atoms with van der Waals surface area (Å²) in [4.78, 5) is 21.6. The van der Waals surface area contributed by atoms with Gasteiger partial charge in [0, 0.05) is 50.7 Å². The second kappa shape index (κ2) is 8.97. The third-order valence-corrected chi connectivity index (χ3v) is 6.26. The maximum Gasteiger partial charge on any atom is 0.244 e. The van der Waals surface area contributed by atoms with Crippen molar-refractivity contribution < 1.29 is 9.53 Å². The van der Waals surface area contributed by atoms with Gasteiger partial charge in [-0.15, -0.1) is 11.3 Å². The molecule has 1 atom stereocenters. The van der Waals surface area contributed by atoms with E-state index in [9.17, 15) is 4.79 Å². The molecule has 0 saturated carbocycles. The van der Waals surface area contributed by atoms with Crippen LogP contribution in [0.1, 0.15) is 16.5 Å². The van der Waals surface area contributed by atoms with E-state index in [2.05, 4.69) is 39.4 Å². The molecule has 0 bridgehead atoms. The van der Waals surface area contributed by atoms with Crippen LogP contribution in [0.3, 0.4) is 0 Å². The third kappa shape index (κ3) is 4.58. The molecule has 144 valence electrons. The van der Waals surface area contributed by atoms with E-state index in [1.54, 1.807) is 0 Å². The summed E-state index contributed by atoms with van der Waals surface area (Å²) in [6, 6.07) is 14.4. The van der Waals surface area contributed by atoms with Crippen molar-refractivity contribution in [3.63, 3.8) is 0 Å². The highest BCUT2D eigenvalue weighted by Crippen LogP contribution is 2.26. The van der Waals surface area contributed by atoms with E-state index in [0.29, 0.717) is 26.3 Å². The van der Waals surface area contributed by atoms with Gasteiger partial charge in [-0.3, -0.25) is 14.6 Å². The van der Waals surface area contributed by atoms with Crippen LogP contribution in [0.5, 0.6) is 0 Å². The maximum absolute atomic E-state index is 13.4. The minimum absolute atomic E-state index is 0.187. The van der Waals surface area contributed by atoms with Gasteiger partial charge < -0.3 is 9.64 Å². The molecule has 2 fully saturated rings. The smallest absolute Gasteiger partial charge is 0.244 e. The van der Waals surface area contributed by atoms with E-state index in [1.165, 1.54) is 4.88 Å². The molecule has 2 saturated heterocycles. The molecule has 5 nitrogen and oxygen atoms in total. The summed E-state index contributed by atoms with van der Waals surface area (Å²) < 4.78 is 5.43. The molecule has 2 aliphatic heterocycles. The number of piperazine rings is 1. The van der Waals surface area contributed by atoms with Gasteiger partial charge in [-0.1, -0.05) is 36.4 Å². The Kier molecular flexibility index (Phi) is 6.19. The average molecular weight is 386 g/mol. The van der Waals surface area contributed by atoms with Crippen molar-refractivity contribution in [2.24, 2.45) is 0 Å². The molecule has 2 aliphatic rings. The Morgan fingerprint density at radius 2 is 1.70 bits per heavy atom. The summed E-state index contributed by atoms with van der Waals surface area (Å²) in [6.07, 6.45) is 0. The van der Waals surface area contributed by atoms with Crippen LogP contribution >= 0.6 is 11.3 Å². The predicted octanol–water partition coefficient (Wildman–Crippen LogP) is 2.47. The van der Waals surface area contributed by atoms with Crippen LogP contribution in [0.4, 0.5) is 0 Å². The molecule has 2 aromatic rings. The number of nitrogens with zero attached hydrogens (tertiary/aromatic N) is 3. The number of hydrogen-bond acceptors (Lipinski definition) is 5. The summed E-state index contributed by atoms with van der Waals surface area (Å²) in [5.41, 5.74) is 1.10. The molecule has 6 heteroatoms. The van der Waals surface area contributed by atoms with Gasteiger partial charge in [0.1, 0.15) is 6.04 Å². The Balaban J connectivity index is 1.45. The lowest BCUT2D eigenvalue weighted by Crippen LogP contribution is -2.52. The van der Waals surface area contributed by atoms with Gasteiger partial charge in [0.25, 0.3) is 0 Å². The Bertz CT molecular complexity index is 708. The van der Waals surface area contributed by atoms with Gasteiger partial charge in [0.2, 0.25) is 5.91 Å². The first-order chi connectivity index (χ1) is 13.3. The third-order valence-electron chi connectivity index (χ3n) is 5.40. The van der Waals surface area contributed by atoms with Crippen molar-refractivity contribution in [3.05, 3.63) is 58.3 Å². The zero-order valence-corrected chi connectivity index (χ0v) is 16.4. The minimum atomic E-state index is -0.187. The number of morpholine rings is 1. The van der Waals surface area contributed by atoms with E-state index < -0.39 is 0 Å². The predicted molar refractivity (Wildman–Crippen MR) is 108 cm³/mol. The number of carbonyl (C=O) groups is 1. The first-order valence-electron chi connectivity index (χ1n) is 9.71. The first kappa shape index (κ1) is 18.6. The molecule has 27 heavy (non-hydrogen) atoms. The average Bonchev–Trinajstić information content (AvgIpc) is 3.24. The second-order valence-electron chi connectivity index (χ2n) is 7.14. The van der Waals surface area contributed by atoms with Crippen molar-refractivity contribution >= 4 is 17.2 Å². The van der Waals surface area contributed by atoms with Crippen LogP contribution in [0.25, 0.3) is 0 Å². The topological polar surface area (TPSA) is 36.0 Å². The molecule has 0 aliphatic carbocycles. The highest BCUT2D eigenvalue weighted by atomic mass is 32.1. The fourth-order valence-electron chi connectivity index (χ4n) is 3.90. The lowest BCUT2D eigenvalue weighted by atomic mass is 10.0. The Hall–Kier alpha value is -1.73. The number of thiophene rings is 1.